The monoisotopic (exact) mass is 469 g/mol. The minimum absolute atomic E-state index is 0.0391. The highest BCUT2D eigenvalue weighted by molar-refractivity contribution is 6.30. The summed E-state index contributed by atoms with van der Waals surface area (Å²) < 4.78 is 34.2. The van der Waals surface area contributed by atoms with E-state index >= 15 is 0 Å². The summed E-state index contributed by atoms with van der Waals surface area (Å²) in [4.78, 5) is 25.6. The van der Waals surface area contributed by atoms with Crippen LogP contribution in [-0.4, -0.2) is 37.3 Å². The zero-order chi connectivity index (χ0) is 23.2. The summed E-state index contributed by atoms with van der Waals surface area (Å²) in [5.41, 5.74) is 0.897. The van der Waals surface area contributed by atoms with Gasteiger partial charge in [0.1, 0.15) is 22.5 Å². The van der Waals surface area contributed by atoms with Gasteiger partial charge in [-0.1, -0.05) is 17.7 Å². The van der Waals surface area contributed by atoms with Gasteiger partial charge in [-0.25, -0.2) is 28.4 Å². The maximum absolute atomic E-state index is 14.2. The van der Waals surface area contributed by atoms with Crippen LogP contribution in [0.4, 0.5) is 8.78 Å². The molecule has 1 aliphatic rings. The van der Waals surface area contributed by atoms with Crippen molar-refractivity contribution < 1.29 is 18.3 Å². The van der Waals surface area contributed by atoms with E-state index in [1.807, 2.05) is 0 Å². The number of hydrogen-bond donors (Lipinski definition) is 0. The van der Waals surface area contributed by atoms with E-state index in [1.165, 1.54) is 23.0 Å². The van der Waals surface area contributed by atoms with Crippen LogP contribution in [0.25, 0.3) is 22.6 Å². The first-order valence-electron chi connectivity index (χ1n) is 10.4. The summed E-state index contributed by atoms with van der Waals surface area (Å²) in [5, 5.41) is 5.35. The molecule has 3 heterocycles. The van der Waals surface area contributed by atoms with E-state index in [9.17, 15) is 13.6 Å². The molecule has 0 saturated heterocycles. The van der Waals surface area contributed by atoms with E-state index in [1.54, 1.807) is 25.3 Å². The highest BCUT2D eigenvalue weighted by Crippen LogP contribution is 2.51. The summed E-state index contributed by atoms with van der Waals surface area (Å²) >= 11 is 6.48. The van der Waals surface area contributed by atoms with E-state index in [2.05, 4.69) is 20.1 Å². The van der Waals surface area contributed by atoms with E-state index < -0.39 is 17.0 Å². The third-order valence-corrected chi connectivity index (χ3v) is 6.02. The highest BCUT2D eigenvalue weighted by Gasteiger charge is 2.54. The molecule has 0 amide bonds. The molecule has 1 fully saturated rings. The van der Waals surface area contributed by atoms with Crippen molar-refractivity contribution in [2.24, 2.45) is 0 Å². The first-order valence-corrected chi connectivity index (χ1v) is 10.8. The second-order valence-electron chi connectivity index (χ2n) is 7.82. The lowest BCUT2D eigenvalue weighted by molar-refractivity contribution is -0.146. The number of benzene rings is 1. The van der Waals surface area contributed by atoms with Gasteiger partial charge in [0.15, 0.2) is 11.5 Å². The number of hydrogen-bond acceptors (Lipinski definition) is 6. The molecule has 7 nitrogen and oxygen atoms in total. The first kappa shape index (κ1) is 21.4. The Morgan fingerprint density at radius 1 is 1.24 bits per heavy atom. The van der Waals surface area contributed by atoms with Crippen LogP contribution in [0.2, 0.25) is 5.15 Å². The van der Waals surface area contributed by atoms with Crippen molar-refractivity contribution in [1.82, 2.24) is 24.7 Å². The van der Waals surface area contributed by atoms with Gasteiger partial charge in [-0.15, -0.1) is 0 Å². The minimum Gasteiger partial charge on any atom is -0.465 e. The number of nitrogens with zero attached hydrogens (tertiary/aromatic N) is 5. The quantitative estimate of drug-likeness (QED) is 0.306. The molecule has 33 heavy (non-hydrogen) atoms. The number of carbonyl (C=O) groups is 1. The second-order valence-corrected chi connectivity index (χ2v) is 8.18. The van der Waals surface area contributed by atoms with Gasteiger partial charge < -0.3 is 4.74 Å². The third-order valence-electron chi connectivity index (χ3n) is 5.73. The van der Waals surface area contributed by atoms with Crippen molar-refractivity contribution >= 4 is 28.6 Å². The summed E-state index contributed by atoms with van der Waals surface area (Å²) in [6, 6.07) is 6.93. The number of esters is 1. The van der Waals surface area contributed by atoms with Crippen molar-refractivity contribution in [3.8, 4) is 11.5 Å². The molecule has 0 spiro atoms. The average molecular weight is 470 g/mol. The molecule has 0 aliphatic heterocycles. The van der Waals surface area contributed by atoms with Crippen LogP contribution in [-0.2, 0) is 21.5 Å². The molecule has 0 atom stereocenters. The van der Waals surface area contributed by atoms with Gasteiger partial charge in [-0.2, -0.15) is 5.10 Å². The predicted molar refractivity (Wildman–Crippen MR) is 117 cm³/mol. The Labute approximate surface area is 192 Å². The Morgan fingerprint density at radius 2 is 2.06 bits per heavy atom. The highest BCUT2D eigenvalue weighted by atomic mass is 35.5. The number of rotatable bonds is 6. The number of fused-ring (bicyclic) bond motifs is 1. The van der Waals surface area contributed by atoms with E-state index in [0.29, 0.717) is 35.1 Å². The third kappa shape index (κ3) is 3.72. The zero-order valence-corrected chi connectivity index (χ0v) is 18.3. The van der Waals surface area contributed by atoms with Gasteiger partial charge in [0, 0.05) is 29.6 Å². The molecule has 0 N–H and O–H groups in total. The predicted octanol–water partition coefficient (Wildman–Crippen LogP) is 4.46. The number of pyridine rings is 1. The molecule has 0 bridgehead atoms. The van der Waals surface area contributed by atoms with Crippen LogP contribution >= 0.6 is 11.6 Å². The molecule has 10 heteroatoms. The van der Waals surface area contributed by atoms with Crippen LogP contribution in [0.15, 0.2) is 42.7 Å². The van der Waals surface area contributed by atoms with Gasteiger partial charge in [0.05, 0.1) is 24.0 Å². The first-order chi connectivity index (χ1) is 15.9. The normalized spacial score (nSPS) is 14.4. The van der Waals surface area contributed by atoms with Crippen molar-refractivity contribution in [2.45, 2.75) is 31.7 Å². The summed E-state index contributed by atoms with van der Waals surface area (Å²) in [5.74, 6) is -1.41. The average Bonchev–Trinajstić information content (AvgIpc) is 3.52. The molecule has 1 aromatic carbocycles. The molecule has 168 valence electrons. The Hall–Kier alpha value is -3.46. The fourth-order valence-corrected chi connectivity index (χ4v) is 4.18. The lowest BCUT2D eigenvalue weighted by Crippen LogP contribution is -2.24. The number of halogens is 3. The standard InChI is InChI=1S/C23H18ClF2N5O2/c1-2-33-22(32)23(7-8-23)16-11-28-20(29-19(16)24)18-15-4-3-9-27-21(15)31(30-18)12-13-5-6-14(25)10-17(13)26/h3-6,9-11H,2,7-8,12H2,1H3. The topological polar surface area (TPSA) is 82.8 Å². The fraction of sp³-hybridized carbons (Fsp3) is 0.261. The van der Waals surface area contributed by atoms with Gasteiger partial charge >= 0.3 is 5.97 Å². The molecule has 1 saturated carbocycles. The van der Waals surface area contributed by atoms with Crippen molar-refractivity contribution in [3.05, 3.63) is 70.6 Å². The van der Waals surface area contributed by atoms with Crippen LogP contribution < -0.4 is 0 Å². The van der Waals surface area contributed by atoms with Gasteiger partial charge in [0.25, 0.3) is 0 Å². The van der Waals surface area contributed by atoms with Gasteiger partial charge in [-0.3, -0.25) is 4.79 Å². The SMILES string of the molecule is CCOC(=O)C1(c2cnc(-c3nn(Cc4ccc(F)cc4F)c4ncccc34)nc2Cl)CC1. The van der Waals surface area contributed by atoms with Gasteiger partial charge in [-0.05, 0) is 38.0 Å². The zero-order valence-electron chi connectivity index (χ0n) is 17.6. The van der Waals surface area contributed by atoms with Gasteiger partial charge in [0.2, 0.25) is 0 Å². The Balaban J connectivity index is 1.54. The van der Waals surface area contributed by atoms with E-state index in [-0.39, 0.29) is 35.7 Å². The minimum atomic E-state index is -0.797. The number of ether oxygens (including phenoxy) is 1. The smallest absolute Gasteiger partial charge is 0.316 e. The Morgan fingerprint density at radius 3 is 2.76 bits per heavy atom. The second kappa shape index (κ2) is 8.15. The van der Waals surface area contributed by atoms with Crippen molar-refractivity contribution in [2.75, 3.05) is 6.61 Å². The maximum Gasteiger partial charge on any atom is 0.316 e. The number of carbonyl (C=O) groups excluding carboxylic acids is 1. The Bertz CT molecular complexity index is 1390. The molecule has 4 aromatic rings. The Kier molecular flexibility index (Phi) is 5.28. The molecule has 3 aromatic heterocycles. The van der Waals surface area contributed by atoms with Crippen molar-refractivity contribution in [1.29, 1.82) is 0 Å². The van der Waals surface area contributed by atoms with Crippen LogP contribution in [0.1, 0.15) is 30.9 Å². The largest absolute Gasteiger partial charge is 0.465 e. The molecule has 5 rings (SSSR count). The van der Waals surface area contributed by atoms with E-state index in [0.717, 1.165) is 6.07 Å². The van der Waals surface area contributed by atoms with Crippen LogP contribution in [0.5, 0.6) is 0 Å². The van der Waals surface area contributed by atoms with E-state index in [4.69, 9.17) is 16.3 Å². The molecule has 0 unspecified atom stereocenters. The molecular formula is C23H18ClF2N5O2. The maximum atomic E-state index is 14.2. The molecular weight excluding hydrogens is 452 g/mol. The summed E-state index contributed by atoms with van der Waals surface area (Å²) in [6.07, 6.45) is 4.38. The summed E-state index contributed by atoms with van der Waals surface area (Å²) in [6.45, 7) is 2.07. The summed E-state index contributed by atoms with van der Waals surface area (Å²) in [7, 11) is 0. The van der Waals surface area contributed by atoms with Crippen molar-refractivity contribution in [3.63, 3.8) is 0 Å². The van der Waals surface area contributed by atoms with Crippen LogP contribution in [0, 0.1) is 11.6 Å². The number of aromatic nitrogens is 5. The molecule has 0 radical (unpaired) electrons. The lowest BCUT2D eigenvalue weighted by Gasteiger charge is -2.15. The fourth-order valence-electron chi connectivity index (χ4n) is 3.87. The molecule has 1 aliphatic carbocycles. The lowest BCUT2D eigenvalue weighted by atomic mass is 9.99. The van der Waals surface area contributed by atoms with Crippen LogP contribution in [0.3, 0.4) is 0 Å².